The van der Waals surface area contributed by atoms with Crippen molar-refractivity contribution in [1.82, 2.24) is 9.71 Å². The van der Waals surface area contributed by atoms with Gasteiger partial charge in [-0.2, -0.15) is 0 Å². The number of benzene rings is 2. The van der Waals surface area contributed by atoms with E-state index in [-0.39, 0.29) is 17.9 Å². The van der Waals surface area contributed by atoms with Gasteiger partial charge in [0.25, 0.3) is 0 Å². The number of hydrogen-bond donors (Lipinski definition) is 2. The Morgan fingerprint density at radius 3 is 2.59 bits per heavy atom. The van der Waals surface area contributed by atoms with E-state index >= 15 is 0 Å². The van der Waals surface area contributed by atoms with Crippen LogP contribution in [0.5, 0.6) is 0 Å². The van der Waals surface area contributed by atoms with E-state index in [2.05, 4.69) is 9.71 Å². The monoisotopic (exact) mass is 406 g/mol. The van der Waals surface area contributed by atoms with Crippen LogP contribution in [0.2, 0.25) is 5.02 Å². The maximum Gasteiger partial charge on any atom is 0.240 e. The third-order valence-electron chi connectivity index (χ3n) is 4.02. The zero-order valence-electron chi connectivity index (χ0n) is 14.6. The van der Waals surface area contributed by atoms with Gasteiger partial charge in [0, 0.05) is 24.1 Å². The van der Waals surface area contributed by atoms with Gasteiger partial charge in [-0.25, -0.2) is 18.1 Å². The van der Waals surface area contributed by atoms with Crippen molar-refractivity contribution in [2.24, 2.45) is 0 Å². The van der Waals surface area contributed by atoms with Gasteiger partial charge in [-0.05, 0) is 36.2 Å². The van der Waals surface area contributed by atoms with Gasteiger partial charge >= 0.3 is 0 Å². The Balaban J connectivity index is 1.61. The molecule has 142 valence electrons. The van der Waals surface area contributed by atoms with Crippen LogP contribution in [0.1, 0.15) is 24.0 Å². The predicted molar refractivity (Wildman–Crippen MR) is 103 cm³/mol. The standard InChI is InChI=1S/C19H19ClN2O4S/c1-13-22-18(12-26-13)14-5-7-17(8-6-14)27(24,25)21-10-9-19(23)15-3-2-4-16(20)11-15/h2-8,11-12,19,21,23H,9-10H2,1H3. The van der Waals surface area contributed by atoms with E-state index in [0.717, 1.165) is 5.56 Å². The summed E-state index contributed by atoms with van der Waals surface area (Å²) in [6.45, 7) is 1.84. The van der Waals surface area contributed by atoms with E-state index < -0.39 is 16.1 Å². The van der Waals surface area contributed by atoms with Crippen LogP contribution in [0.3, 0.4) is 0 Å². The van der Waals surface area contributed by atoms with Crippen LogP contribution in [-0.2, 0) is 10.0 Å². The van der Waals surface area contributed by atoms with Crippen LogP contribution in [-0.4, -0.2) is 25.1 Å². The molecule has 1 aromatic heterocycles. The molecule has 3 aromatic rings. The van der Waals surface area contributed by atoms with E-state index in [9.17, 15) is 13.5 Å². The zero-order chi connectivity index (χ0) is 19.4. The van der Waals surface area contributed by atoms with E-state index in [1.807, 2.05) is 0 Å². The number of rotatable bonds is 7. The fraction of sp³-hybridized carbons (Fsp3) is 0.211. The van der Waals surface area contributed by atoms with Crippen molar-refractivity contribution in [3.05, 3.63) is 71.3 Å². The Bertz CT molecular complexity index is 1020. The molecule has 0 aliphatic carbocycles. The Kier molecular flexibility index (Phi) is 5.96. The van der Waals surface area contributed by atoms with Gasteiger partial charge < -0.3 is 9.52 Å². The molecule has 1 heterocycles. The molecule has 27 heavy (non-hydrogen) atoms. The maximum atomic E-state index is 12.4. The Morgan fingerprint density at radius 1 is 1.22 bits per heavy atom. The Labute approximate surface area is 162 Å². The fourth-order valence-electron chi connectivity index (χ4n) is 2.59. The van der Waals surface area contributed by atoms with Crippen LogP contribution in [0.4, 0.5) is 0 Å². The number of nitrogens with zero attached hydrogens (tertiary/aromatic N) is 1. The van der Waals surface area contributed by atoms with Crippen molar-refractivity contribution in [3.63, 3.8) is 0 Å². The van der Waals surface area contributed by atoms with Crippen molar-refractivity contribution in [3.8, 4) is 11.3 Å². The number of aliphatic hydroxyl groups is 1. The predicted octanol–water partition coefficient (Wildman–Crippen LogP) is 3.71. The quantitative estimate of drug-likeness (QED) is 0.624. The van der Waals surface area contributed by atoms with E-state index in [1.165, 1.54) is 18.4 Å². The lowest BCUT2D eigenvalue weighted by molar-refractivity contribution is 0.169. The molecule has 1 unspecified atom stereocenters. The van der Waals surface area contributed by atoms with Crippen molar-refractivity contribution < 1.29 is 17.9 Å². The van der Waals surface area contributed by atoms with Crippen LogP contribution in [0.15, 0.2) is 64.1 Å². The first-order valence-corrected chi connectivity index (χ1v) is 10.2. The van der Waals surface area contributed by atoms with Crippen molar-refractivity contribution in [2.75, 3.05) is 6.54 Å². The fourth-order valence-corrected chi connectivity index (χ4v) is 3.84. The number of halogens is 1. The minimum Gasteiger partial charge on any atom is -0.449 e. The normalized spacial score (nSPS) is 12.9. The SMILES string of the molecule is Cc1nc(-c2ccc(S(=O)(=O)NCCC(O)c3cccc(Cl)c3)cc2)co1. The molecule has 0 aliphatic heterocycles. The lowest BCUT2D eigenvalue weighted by Crippen LogP contribution is -2.26. The molecule has 0 radical (unpaired) electrons. The van der Waals surface area contributed by atoms with Crippen molar-refractivity contribution in [2.45, 2.75) is 24.3 Å². The van der Waals surface area contributed by atoms with Crippen LogP contribution < -0.4 is 4.72 Å². The summed E-state index contributed by atoms with van der Waals surface area (Å²) in [5.41, 5.74) is 2.06. The molecule has 0 bridgehead atoms. The topological polar surface area (TPSA) is 92.4 Å². The van der Waals surface area contributed by atoms with Gasteiger partial charge in [-0.15, -0.1) is 0 Å². The number of aliphatic hydroxyl groups excluding tert-OH is 1. The summed E-state index contributed by atoms with van der Waals surface area (Å²) < 4.78 is 32.5. The molecule has 3 rings (SSSR count). The highest BCUT2D eigenvalue weighted by Gasteiger charge is 2.16. The average Bonchev–Trinajstić information content (AvgIpc) is 3.08. The van der Waals surface area contributed by atoms with Gasteiger partial charge in [0.05, 0.1) is 11.0 Å². The molecule has 0 saturated carbocycles. The molecular weight excluding hydrogens is 388 g/mol. The van der Waals surface area contributed by atoms with E-state index in [0.29, 0.717) is 22.2 Å². The number of sulfonamides is 1. The summed E-state index contributed by atoms with van der Waals surface area (Å²) in [5.74, 6) is 0.543. The smallest absolute Gasteiger partial charge is 0.240 e. The molecule has 6 nitrogen and oxygen atoms in total. The van der Waals surface area contributed by atoms with Gasteiger partial charge in [-0.1, -0.05) is 35.9 Å². The first-order valence-electron chi connectivity index (χ1n) is 8.31. The average molecular weight is 407 g/mol. The Hall–Kier alpha value is -2.19. The van der Waals surface area contributed by atoms with E-state index in [4.69, 9.17) is 16.0 Å². The molecule has 0 amide bonds. The van der Waals surface area contributed by atoms with Crippen molar-refractivity contribution in [1.29, 1.82) is 0 Å². The number of nitrogens with one attached hydrogen (secondary N) is 1. The lowest BCUT2D eigenvalue weighted by atomic mass is 10.1. The molecule has 1 atom stereocenters. The molecule has 2 N–H and O–H groups in total. The summed E-state index contributed by atoms with van der Waals surface area (Å²) in [6, 6.07) is 13.2. The van der Waals surface area contributed by atoms with Gasteiger partial charge in [0.1, 0.15) is 12.0 Å². The highest BCUT2D eigenvalue weighted by Crippen LogP contribution is 2.22. The van der Waals surface area contributed by atoms with Gasteiger partial charge in [0.2, 0.25) is 10.0 Å². The maximum absolute atomic E-state index is 12.4. The molecule has 2 aromatic carbocycles. The van der Waals surface area contributed by atoms with E-state index in [1.54, 1.807) is 43.3 Å². The molecule has 0 spiro atoms. The lowest BCUT2D eigenvalue weighted by Gasteiger charge is -2.12. The first-order chi connectivity index (χ1) is 12.8. The number of aromatic nitrogens is 1. The van der Waals surface area contributed by atoms with Gasteiger partial charge in [-0.3, -0.25) is 0 Å². The third kappa shape index (κ3) is 4.95. The summed E-state index contributed by atoms with van der Waals surface area (Å²) in [6.07, 6.45) is 0.952. The highest BCUT2D eigenvalue weighted by atomic mass is 35.5. The zero-order valence-corrected chi connectivity index (χ0v) is 16.2. The largest absolute Gasteiger partial charge is 0.449 e. The van der Waals surface area contributed by atoms with Crippen LogP contribution >= 0.6 is 11.6 Å². The first kappa shape index (κ1) is 19.6. The summed E-state index contributed by atoms with van der Waals surface area (Å²) in [7, 11) is -3.67. The molecule has 0 fully saturated rings. The van der Waals surface area contributed by atoms with Crippen LogP contribution in [0.25, 0.3) is 11.3 Å². The van der Waals surface area contributed by atoms with Crippen molar-refractivity contribution >= 4 is 21.6 Å². The highest BCUT2D eigenvalue weighted by molar-refractivity contribution is 7.89. The minimum atomic E-state index is -3.67. The van der Waals surface area contributed by atoms with Crippen LogP contribution in [0, 0.1) is 6.92 Å². The number of aryl methyl sites for hydroxylation is 1. The minimum absolute atomic E-state index is 0.0975. The number of oxazole rings is 1. The second kappa shape index (κ2) is 8.22. The van der Waals surface area contributed by atoms with Gasteiger partial charge in [0.15, 0.2) is 5.89 Å². The number of hydrogen-bond acceptors (Lipinski definition) is 5. The Morgan fingerprint density at radius 2 is 1.96 bits per heavy atom. The molecule has 0 aliphatic rings. The molecule has 8 heteroatoms. The summed E-state index contributed by atoms with van der Waals surface area (Å²) >= 11 is 5.90. The molecule has 0 saturated heterocycles. The third-order valence-corrected chi connectivity index (χ3v) is 5.73. The second-order valence-corrected chi connectivity index (χ2v) is 8.24. The molecular formula is C19H19ClN2O4S. The summed E-state index contributed by atoms with van der Waals surface area (Å²) in [4.78, 5) is 4.35. The second-order valence-electron chi connectivity index (χ2n) is 6.03. The summed E-state index contributed by atoms with van der Waals surface area (Å²) in [5, 5.41) is 10.7.